The number of benzene rings is 1. The fraction of sp³-hybridized carbons (Fsp3) is 0.533. The summed E-state index contributed by atoms with van der Waals surface area (Å²) in [5.41, 5.74) is 1.08. The first-order chi connectivity index (χ1) is 9.19. The van der Waals surface area contributed by atoms with Crippen molar-refractivity contribution in [2.75, 3.05) is 7.11 Å². The highest BCUT2D eigenvalue weighted by Gasteiger charge is 2.20. The lowest BCUT2D eigenvalue weighted by Gasteiger charge is -2.27. The Morgan fingerprint density at radius 3 is 2.74 bits per heavy atom. The van der Waals surface area contributed by atoms with Crippen LogP contribution in [0.4, 0.5) is 0 Å². The lowest BCUT2D eigenvalue weighted by Crippen LogP contribution is -2.24. The summed E-state index contributed by atoms with van der Waals surface area (Å²) in [5.74, 6) is 0.769. The zero-order valence-electron chi connectivity index (χ0n) is 11.2. The van der Waals surface area contributed by atoms with Gasteiger partial charge in [0.1, 0.15) is 0 Å². The molecule has 0 aromatic heterocycles. The van der Waals surface area contributed by atoms with Gasteiger partial charge in [0.15, 0.2) is 11.5 Å². The number of carboxylic acid groups (broad SMARTS) is 1. The van der Waals surface area contributed by atoms with E-state index in [9.17, 15) is 4.79 Å². The monoisotopic (exact) mass is 264 g/mol. The van der Waals surface area contributed by atoms with E-state index in [-0.39, 0.29) is 6.42 Å². The summed E-state index contributed by atoms with van der Waals surface area (Å²) in [5, 5.41) is 8.62. The van der Waals surface area contributed by atoms with Crippen LogP contribution in [0.1, 0.15) is 37.7 Å². The Bertz CT molecular complexity index is 438. The predicted octanol–water partition coefficient (Wildman–Crippen LogP) is 3.03. The minimum atomic E-state index is -0.753. The molecule has 19 heavy (non-hydrogen) atoms. The Morgan fingerprint density at radius 1 is 1.37 bits per heavy atom. The molecule has 0 saturated heterocycles. The quantitative estimate of drug-likeness (QED) is 0.822. The number of ether oxygens (including phenoxy) is 2. The summed E-state index contributed by atoms with van der Waals surface area (Å²) in [7, 11) is 1.63. The van der Waals surface area contributed by atoms with Crippen LogP contribution in [0.3, 0.4) is 0 Å². The molecule has 0 unspecified atom stereocenters. The van der Waals surface area contributed by atoms with E-state index >= 15 is 0 Å². The third-order valence-electron chi connectivity index (χ3n) is 3.43. The molecule has 1 saturated carbocycles. The van der Waals surface area contributed by atoms with Gasteiger partial charge in [-0.1, -0.05) is 6.07 Å². The molecule has 1 aromatic carbocycles. The van der Waals surface area contributed by atoms with Crippen molar-refractivity contribution in [3.63, 3.8) is 0 Å². The van der Waals surface area contributed by atoms with Crippen LogP contribution in [0, 0.1) is 0 Å². The molecule has 1 aromatic rings. The zero-order chi connectivity index (χ0) is 13.7. The number of rotatable bonds is 7. The van der Waals surface area contributed by atoms with E-state index < -0.39 is 5.97 Å². The highest BCUT2D eigenvalue weighted by atomic mass is 16.5. The van der Waals surface area contributed by atoms with Crippen molar-refractivity contribution in [1.82, 2.24) is 0 Å². The van der Waals surface area contributed by atoms with Crippen molar-refractivity contribution < 1.29 is 19.4 Å². The minimum absolute atomic E-state index is 0.197. The van der Waals surface area contributed by atoms with E-state index in [2.05, 4.69) is 0 Å². The van der Waals surface area contributed by atoms with E-state index in [1.807, 2.05) is 18.2 Å². The van der Waals surface area contributed by atoms with Gasteiger partial charge in [-0.3, -0.25) is 4.79 Å². The first-order valence-electron chi connectivity index (χ1n) is 6.74. The zero-order valence-corrected chi connectivity index (χ0v) is 11.2. The van der Waals surface area contributed by atoms with E-state index in [0.717, 1.165) is 36.3 Å². The van der Waals surface area contributed by atoms with Gasteiger partial charge in [-0.2, -0.15) is 0 Å². The average molecular weight is 264 g/mol. The highest BCUT2D eigenvalue weighted by Crippen LogP contribution is 2.33. The van der Waals surface area contributed by atoms with Gasteiger partial charge in [-0.15, -0.1) is 0 Å². The molecule has 0 spiro atoms. The average Bonchev–Trinajstić information content (AvgIpc) is 2.34. The van der Waals surface area contributed by atoms with Gasteiger partial charge in [0.05, 0.1) is 13.2 Å². The Kier molecular flexibility index (Phi) is 4.66. The van der Waals surface area contributed by atoms with Crippen molar-refractivity contribution in [3.05, 3.63) is 23.8 Å². The van der Waals surface area contributed by atoms with Crippen molar-refractivity contribution in [2.24, 2.45) is 0 Å². The normalized spacial score (nSPS) is 14.8. The Labute approximate surface area is 113 Å². The third-order valence-corrected chi connectivity index (χ3v) is 3.43. The lowest BCUT2D eigenvalue weighted by molar-refractivity contribution is -0.137. The van der Waals surface area contributed by atoms with Gasteiger partial charge in [-0.25, -0.2) is 0 Å². The van der Waals surface area contributed by atoms with Crippen LogP contribution in [0.2, 0.25) is 0 Å². The maximum atomic E-state index is 10.5. The maximum Gasteiger partial charge on any atom is 0.303 e. The van der Waals surface area contributed by atoms with Crippen LogP contribution in [0.25, 0.3) is 0 Å². The van der Waals surface area contributed by atoms with Crippen LogP contribution in [-0.4, -0.2) is 24.3 Å². The Hall–Kier alpha value is -1.71. The molecule has 4 nitrogen and oxygen atoms in total. The molecule has 1 N–H and O–H groups in total. The predicted molar refractivity (Wildman–Crippen MR) is 71.8 cm³/mol. The first kappa shape index (κ1) is 13.7. The summed E-state index contributed by atoms with van der Waals surface area (Å²) in [6.45, 7) is 0. The number of carbonyl (C=O) groups is 1. The molecule has 0 amide bonds. The molecule has 1 aliphatic rings. The highest BCUT2D eigenvalue weighted by molar-refractivity contribution is 5.66. The van der Waals surface area contributed by atoms with Crippen LogP contribution < -0.4 is 9.47 Å². The third kappa shape index (κ3) is 3.88. The van der Waals surface area contributed by atoms with Gasteiger partial charge in [0.25, 0.3) is 0 Å². The van der Waals surface area contributed by atoms with Gasteiger partial charge in [0.2, 0.25) is 0 Å². The van der Waals surface area contributed by atoms with Crippen molar-refractivity contribution in [3.8, 4) is 11.5 Å². The standard InChI is InChI=1S/C15H20O4/c1-18-14-10-11(4-2-7-15(16)17)8-9-13(14)19-12-5-3-6-12/h8-10,12H,2-7H2,1H3,(H,16,17). The summed E-state index contributed by atoms with van der Waals surface area (Å²) >= 11 is 0. The summed E-state index contributed by atoms with van der Waals surface area (Å²) in [6.07, 6.45) is 5.37. The number of carboxylic acids is 1. The molecule has 0 radical (unpaired) electrons. The lowest BCUT2D eigenvalue weighted by atomic mass is 9.96. The molecule has 4 heteroatoms. The molecule has 104 valence electrons. The number of hydrogen-bond donors (Lipinski definition) is 1. The van der Waals surface area contributed by atoms with E-state index in [1.54, 1.807) is 7.11 Å². The van der Waals surface area contributed by atoms with Gasteiger partial charge >= 0.3 is 5.97 Å². The summed E-state index contributed by atoms with van der Waals surface area (Å²) in [6, 6.07) is 5.85. The minimum Gasteiger partial charge on any atom is -0.493 e. The second kappa shape index (κ2) is 6.45. The number of methoxy groups -OCH3 is 1. The second-order valence-electron chi connectivity index (χ2n) is 4.90. The van der Waals surface area contributed by atoms with Crippen LogP contribution >= 0.6 is 0 Å². The van der Waals surface area contributed by atoms with Crippen LogP contribution in [0.5, 0.6) is 11.5 Å². The van der Waals surface area contributed by atoms with Crippen molar-refractivity contribution in [2.45, 2.75) is 44.6 Å². The topological polar surface area (TPSA) is 55.8 Å². The Balaban J connectivity index is 1.96. The molecule has 1 fully saturated rings. The molecule has 1 aliphatic carbocycles. The maximum absolute atomic E-state index is 10.5. The number of hydrogen-bond acceptors (Lipinski definition) is 3. The first-order valence-corrected chi connectivity index (χ1v) is 6.74. The van der Waals surface area contributed by atoms with E-state index in [1.165, 1.54) is 6.42 Å². The fourth-order valence-electron chi connectivity index (χ4n) is 2.08. The van der Waals surface area contributed by atoms with Gasteiger partial charge in [-0.05, 0) is 49.8 Å². The molecular weight excluding hydrogens is 244 g/mol. The fourth-order valence-corrected chi connectivity index (χ4v) is 2.08. The molecule has 0 heterocycles. The molecule has 0 bridgehead atoms. The number of aryl methyl sites for hydroxylation is 1. The Morgan fingerprint density at radius 2 is 2.16 bits per heavy atom. The van der Waals surface area contributed by atoms with Crippen LogP contribution in [0.15, 0.2) is 18.2 Å². The van der Waals surface area contributed by atoms with Crippen molar-refractivity contribution >= 4 is 5.97 Å². The van der Waals surface area contributed by atoms with Crippen molar-refractivity contribution in [1.29, 1.82) is 0 Å². The SMILES string of the molecule is COc1cc(CCCC(=O)O)ccc1OC1CCC1. The van der Waals surface area contributed by atoms with E-state index in [4.69, 9.17) is 14.6 Å². The molecule has 2 rings (SSSR count). The molecule has 0 aliphatic heterocycles. The number of aliphatic carboxylic acids is 1. The smallest absolute Gasteiger partial charge is 0.303 e. The van der Waals surface area contributed by atoms with Crippen LogP contribution in [-0.2, 0) is 11.2 Å². The largest absolute Gasteiger partial charge is 0.493 e. The molecule has 0 atom stereocenters. The molecular formula is C15H20O4. The second-order valence-corrected chi connectivity index (χ2v) is 4.90. The van der Waals surface area contributed by atoms with E-state index in [0.29, 0.717) is 12.5 Å². The summed E-state index contributed by atoms with van der Waals surface area (Å²) in [4.78, 5) is 10.5. The summed E-state index contributed by atoms with van der Waals surface area (Å²) < 4.78 is 11.2. The van der Waals surface area contributed by atoms with Gasteiger partial charge in [0, 0.05) is 6.42 Å². The van der Waals surface area contributed by atoms with Gasteiger partial charge < -0.3 is 14.6 Å².